The molecule has 1 aliphatic heterocycles. The van der Waals surface area contributed by atoms with Gasteiger partial charge in [-0.05, 0) is 66.7 Å². The molecule has 2 aromatic carbocycles. The summed E-state index contributed by atoms with van der Waals surface area (Å²) in [6.45, 7) is 2.36. The van der Waals surface area contributed by atoms with Crippen LogP contribution in [-0.4, -0.2) is 29.1 Å². The standard InChI is InChI=1S/C20H16FN3O2S/c1-2-24-19(25)18(13-14-3-9-17(10-4-14)26-12-11-22)27-20(24)23-16-7-5-15(21)6-8-16/h3-10,13H,2,12H2,1H3/b18-13+,23-20?. The number of halogens is 1. The van der Waals surface area contributed by atoms with E-state index in [1.54, 1.807) is 35.2 Å². The first-order valence-corrected chi connectivity index (χ1v) is 9.08. The fraction of sp³-hybridized carbons (Fsp3) is 0.150. The molecule has 1 heterocycles. The van der Waals surface area contributed by atoms with Crippen LogP contribution in [0.15, 0.2) is 58.4 Å². The number of rotatable bonds is 5. The fourth-order valence-electron chi connectivity index (χ4n) is 2.42. The van der Waals surface area contributed by atoms with Crippen molar-refractivity contribution in [3.05, 3.63) is 64.8 Å². The molecule has 1 fully saturated rings. The molecule has 3 rings (SSSR count). The molecule has 0 bridgehead atoms. The van der Waals surface area contributed by atoms with Crippen molar-refractivity contribution in [1.29, 1.82) is 5.26 Å². The van der Waals surface area contributed by atoms with Crippen LogP contribution in [0.4, 0.5) is 10.1 Å². The number of amidine groups is 1. The zero-order chi connectivity index (χ0) is 19.2. The lowest BCUT2D eigenvalue weighted by Gasteiger charge is -2.11. The number of amides is 1. The van der Waals surface area contributed by atoms with Crippen LogP contribution in [0.25, 0.3) is 6.08 Å². The number of thioether (sulfide) groups is 1. The molecule has 0 radical (unpaired) electrons. The third-order valence-electron chi connectivity index (χ3n) is 3.74. The number of carbonyl (C=O) groups is 1. The number of aliphatic imine (C=N–C) groups is 1. The van der Waals surface area contributed by atoms with Crippen molar-refractivity contribution in [2.24, 2.45) is 4.99 Å². The first-order chi connectivity index (χ1) is 13.1. The number of nitrogens with zero attached hydrogens (tertiary/aromatic N) is 3. The molecule has 1 saturated heterocycles. The molecule has 5 nitrogen and oxygen atoms in total. The Labute approximate surface area is 160 Å². The van der Waals surface area contributed by atoms with Gasteiger partial charge in [0.15, 0.2) is 11.8 Å². The molecule has 2 aromatic rings. The molecule has 0 atom stereocenters. The van der Waals surface area contributed by atoms with Crippen molar-refractivity contribution < 1.29 is 13.9 Å². The molecule has 1 aliphatic rings. The molecular weight excluding hydrogens is 365 g/mol. The average Bonchev–Trinajstić information content (AvgIpc) is 2.97. The van der Waals surface area contributed by atoms with E-state index in [1.165, 1.54) is 23.9 Å². The molecule has 0 saturated carbocycles. The highest BCUT2D eigenvalue weighted by molar-refractivity contribution is 8.18. The lowest BCUT2D eigenvalue weighted by molar-refractivity contribution is -0.122. The molecule has 0 spiro atoms. The van der Waals surface area contributed by atoms with Crippen LogP contribution in [0.5, 0.6) is 5.75 Å². The van der Waals surface area contributed by atoms with Crippen molar-refractivity contribution in [3.63, 3.8) is 0 Å². The monoisotopic (exact) mass is 381 g/mol. The largest absolute Gasteiger partial charge is 0.479 e. The van der Waals surface area contributed by atoms with Gasteiger partial charge in [-0.3, -0.25) is 9.69 Å². The van der Waals surface area contributed by atoms with Crippen LogP contribution in [0.3, 0.4) is 0 Å². The van der Waals surface area contributed by atoms with Gasteiger partial charge in [-0.1, -0.05) is 12.1 Å². The normalized spacial score (nSPS) is 16.8. The van der Waals surface area contributed by atoms with Crippen molar-refractivity contribution in [2.45, 2.75) is 6.92 Å². The van der Waals surface area contributed by atoms with Crippen molar-refractivity contribution in [2.75, 3.05) is 13.2 Å². The van der Waals surface area contributed by atoms with Gasteiger partial charge in [-0.15, -0.1) is 0 Å². The van der Waals surface area contributed by atoms with Gasteiger partial charge in [-0.25, -0.2) is 9.38 Å². The van der Waals surface area contributed by atoms with Gasteiger partial charge in [0, 0.05) is 6.54 Å². The van der Waals surface area contributed by atoms with Gasteiger partial charge < -0.3 is 4.74 Å². The quantitative estimate of drug-likeness (QED) is 0.722. The average molecular weight is 381 g/mol. The summed E-state index contributed by atoms with van der Waals surface area (Å²) in [5, 5.41) is 9.10. The smallest absolute Gasteiger partial charge is 0.266 e. The van der Waals surface area contributed by atoms with Crippen LogP contribution < -0.4 is 4.74 Å². The zero-order valence-electron chi connectivity index (χ0n) is 14.6. The Balaban J connectivity index is 1.82. The Morgan fingerprint density at radius 2 is 1.93 bits per heavy atom. The van der Waals surface area contributed by atoms with Crippen LogP contribution in [0, 0.1) is 17.1 Å². The number of carbonyl (C=O) groups excluding carboxylic acids is 1. The Bertz CT molecular complexity index is 931. The van der Waals surface area contributed by atoms with Gasteiger partial charge in [0.05, 0.1) is 10.6 Å². The maximum absolute atomic E-state index is 13.1. The van der Waals surface area contributed by atoms with Gasteiger partial charge >= 0.3 is 0 Å². The maximum Gasteiger partial charge on any atom is 0.266 e. The maximum atomic E-state index is 13.1. The summed E-state index contributed by atoms with van der Waals surface area (Å²) in [5.74, 6) is 0.148. The summed E-state index contributed by atoms with van der Waals surface area (Å²) in [5.41, 5.74) is 1.43. The summed E-state index contributed by atoms with van der Waals surface area (Å²) in [6.07, 6.45) is 1.79. The Kier molecular flexibility index (Phi) is 5.89. The second kappa shape index (κ2) is 8.52. The van der Waals surface area contributed by atoms with Crippen LogP contribution in [0.2, 0.25) is 0 Å². The third-order valence-corrected chi connectivity index (χ3v) is 4.74. The lowest BCUT2D eigenvalue weighted by atomic mass is 10.2. The molecule has 0 unspecified atom stereocenters. The molecule has 0 aromatic heterocycles. The first-order valence-electron chi connectivity index (χ1n) is 8.26. The predicted octanol–water partition coefficient (Wildman–Crippen LogP) is 4.35. The Hall–Kier alpha value is -3.11. The van der Waals surface area contributed by atoms with Gasteiger partial charge in [-0.2, -0.15) is 5.26 Å². The summed E-state index contributed by atoms with van der Waals surface area (Å²) < 4.78 is 18.3. The number of hydrogen-bond acceptors (Lipinski definition) is 5. The van der Waals surface area contributed by atoms with E-state index in [1.807, 2.05) is 25.1 Å². The second-order valence-corrected chi connectivity index (χ2v) is 6.56. The molecule has 0 aliphatic carbocycles. The van der Waals surface area contributed by atoms with Gasteiger partial charge in [0.2, 0.25) is 0 Å². The highest BCUT2D eigenvalue weighted by Crippen LogP contribution is 2.34. The van der Waals surface area contributed by atoms with E-state index in [4.69, 9.17) is 10.00 Å². The zero-order valence-corrected chi connectivity index (χ0v) is 15.4. The predicted molar refractivity (Wildman–Crippen MR) is 104 cm³/mol. The number of benzene rings is 2. The number of ether oxygens (including phenoxy) is 1. The van der Waals surface area contributed by atoms with E-state index >= 15 is 0 Å². The van der Waals surface area contributed by atoms with E-state index in [-0.39, 0.29) is 18.3 Å². The minimum Gasteiger partial charge on any atom is -0.479 e. The van der Waals surface area contributed by atoms with E-state index in [0.29, 0.717) is 28.1 Å². The van der Waals surface area contributed by atoms with Gasteiger partial charge in [0.25, 0.3) is 5.91 Å². The Morgan fingerprint density at radius 1 is 1.22 bits per heavy atom. The lowest BCUT2D eigenvalue weighted by Crippen LogP contribution is -2.28. The van der Waals surface area contributed by atoms with Crippen LogP contribution >= 0.6 is 11.8 Å². The van der Waals surface area contributed by atoms with Crippen molar-refractivity contribution in [1.82, 2.24) is 4.90 Å². The molecule has 1 amide bonds. The topological polar surface area (TPSA) is 65.7 Å². The minimum atomic E-state index is -0.329. The summed E-state index contributed by atoms with van der Waals surface area (Å²) in [7, 11) is 0. The van der Waals surface area contributed by atoms with Crippen molar-refractivity contribution >= 4 is 34.6 Å². The van der Waals surface area contributed by atoms with E-state index in [2.05, 4.69) is 4.99 Å². The molecule has 27 heavy (non-hydrogen) atoms. The summed E-state index contributed by atoms with van der Waals surface area (Å²) >= 11 is 1.28. The fourth-order valence-corrected chi connectivity index (χ4v) is 3.49. The molecule has 136 valence electrons. The second-order valence-electron chi connectivity index (χ2n) is 5.55. The van der Waals surface area contributed by atoms with E-state index in [9.17, 15) is 9.18 Å². The summed E-state index contributed by atoms with van der Waals surface area (Å²) in [4.78, 5) is 19.3. The van der Waals surface area contributed by atoms with Crippen LogP contribution in [-0.2, 0) is 4.79 Å². The van der Waals surface area contributed by atoms with Gasteiger partial charge in [0.1, 0.15) is 17.6 Å². The minimum absolute atomic E-state index is 0.0105. The van der Waals surface area contributed by atoms with Crippen LogP contribution in [0.1, 0.15) is 12.5 Å². The third kappa shape index (κ3) is 4.54. The van der Waals surface area contributed by atoms with E-state index < -0.39 is 0 Å². The number of hydrogen-bond donors (Lipinski definition) is 0. The molecular formula is C20H16FN3O2S. The highest BCUT2D eigenvalue weighted by atomic mass is 32.2. The number of nitriles is 1. The molecule has 0 N–H and O–H groups in total. The van der Waals surface area contributed by atoms with E-state index in [0.717, 1.165) is 5.56 Å². The molecule has 7 heteroatoms. The van der Waals surface area contributed by atoms with Crippen molar-refractivity contribution in [3.8, 4) is 11.8 Å². The first kappa shape index (κ1) is 18.7. The SMILES string of the molecule is CCN1C(=O)/C(=C\c2ccc(OCC#N)cc2)SC1=Nc1ccc(F)cc1. The number of likely N-dealkylation sites (N-methyl/N-ethyl adjacent to an activating group) is 1. The summed E-state index contributed by atoms with van der Waals surface area (Å²) in [6, 6.07) is 14.9. The Morgan fingerprint density at radius 3 is 2.56 bits per heavy atom. The highest BCUT2D eigenvalue weighted by Gasteiger charge is 2.32.